The molecule has 59 heavy (non-hydrogen) atoms. The number of anilines is 2. The summed E-state index contributed by atoms with van der Waals surface area (Å²) in [6.07, 6.45) is 10.00. The third kappa shape index (κ3) is 14.5. The number of carbonyl (C=O) groups is 1. The van der Waals surface area contributed by atoms with E-state index in [1.807, 2.05) is 30.3 Å². The third-order valence-electron chi connectivity index (χ3n) is 9.19. The number of ether oxygens (including phenoxy) is 4. The van der Waals surface area contributed by atoms with Crippen LogP contribution in [-0.2, 0) is 36.1 Å². The van der Waals surface area contributed by atoms with Crippen molar-refractivity contribution in [3.05, 3.63) is 80.8 Å². The molecule has 6 N–H and O–H groups in total. The van der Waals surface area contributed by atoms with E-state index in [0.29, 0.717) is 76.9 Å². The molecule has 1 aliphatic carbocycles. The maximum Gasteiger partial charge on any atom is 0.343 e. The molecule has 2 aromatic heterocycles. The maximum atomic E-state index is 14.4. The molecule has 320 valence electrons. The fourth-order valence-electron chi connectivity index (χ4n) is 6.64. The van der Waals surface area contributed by atoms with Crippen LogP contribution in [0.25, 0.3) is 10.9 Å². The zero-order chi connectivity index (χ0) is 43.3. The standard InChI is InChI=1S/C37H42N6O6.2CH4O3S/c1-46-31-10-6-7-25(34(31)47-2)12-11-24-19-26(21-27-22-40-37(39)41-35(27)38)32-30(20-24)43(28-8-4-3-5-9-28)23-29(33(32)44)36(45)49-18-15-42-13-16-48-17-14-42;2*1-5(2,3)4/h6-7,10,19-20,22-23,28H,3-5,8-9,13-18,21H2,1-2H3,(H4,38,39,40,41);2*1H3,(H,2,3,4). The van der Waals surface area contributed by atoms with Gasteiger partial charge >= 0.3 is 5.97 Å². The average molecular weight is 859 g/mol. The molecule has 4 aromatic rings. The Hall–Kier alpha value is -5.30. The molecule has 20 heteroatoms. The highest BCUT2D eigenvalue weighted by Crippen LogP contribution is 2.33. The number of fused-ring (bicyclic) bond motifs is 1. The van der Waals surface area contributed by atoms with Gasteiger partial charge in [-0.3, -0.25) is 18.8 Å². The lowest BCUT2D eigenvalue weighted by molar-refractivity contribution is 0.0194. The van der Waals surface area contributed by atoms with E-state index in [9.17, 15) is 26.4 Å². The number of hydrogen-bond acceptors (Lipinski definition) is 15. The number of hydrogen-bond donors (Lipinski definition) is 4. The minimum absolute atomic E-state index is 0.00257. The summed E-state index contributed by atoms with van der Waals surface area (Å²) >= 11 is 0. The molecule has 0 amide bonds. The highest BCUT2D eigenvalue weighted by Gasteiger charge is 2.25. The van der Waals surface area contributed by atoms with Crippen LogP contribution in [0.15, 0.2) is 47.5 Å². The summed E-state index contributed by atoms with van der Waals surface area (Å²) in [6.45, 7) is 3.60. The Morgan fingerprint density at radius 2 is 1.63 bits per heavy atom. The Bertz CT molecular complexity index is 2410. The SMILES string of the molecule is COc1cccc(C#Cc2cc(Cc3cnc(N)nc3N)c3c(=O)c(C(=O)OCCN4CCOCC4)cn(C4CCCCC4)c3c2)c1OC.CS(=O)(=O)O.CS(=O)(=O)O. The summed E-state index contributed by atoms with van der Waals surface area (Å²) < 4.78 is 76.0. The zero-order valence-electron chi connectivity index (χ0n) is 33.3. The smallest absolute Gasteiger partial charge is 0.343 e. The number of para-hydroxylation sites is 1. The summed E-state index contributed by atoms with van der Waals surface area (Å²) in [7, 11) is -4.18. The van der Waals surface area contributed by atoms with E-state index in [2.05, 4.69) is 31.3 Å². The number of morpholine rings is 1. The van der Waals surface area contributed by atoms with Crippen LogP contribution in [-0.4, -0.2) is 118 Å². The number of aromatic nitrogens is 3. The van der Waals surface area contributed by atoms with Gasteiger partial charge in [0.1, 0.15) is 18.0 Å². The molecule has 2 aliphatic rings. The minimum Gasteiger partial charge on any atom is -0.493 e. The normalized spacial score (nSPS) is 14.7. The highest BCUT2D eigenvalue weighted by atomic mass is 32.2. The number of nitrogens with two attached hydrogens (primary N) is 2. The Kier molecular flexibility index (Phi) is 16.6. The van der Waals surface area contributed by atoms with Crippen LogP contribution in [0.1, 0.15) is 70.8 Å². The van der Waals surface area contributed by atoms with Crippen molar-refractivity contribution in [3.8, 4) is 23.3 Å². The highest BCUT2D eigenvalue weighted by molar-refractivity contribution is 7.85. The summed E-state index contributed by atoms with van der Waals surface area (Å²) in [5, 5.41) is 0.411. The molecular formula is C39H50N6O12S2. The molecule has 6 rings (SSSR count). The molecule has 2 fully saturated rings. The lowest BCUT2D eigenvalue weighted by Crippen LogP contribution is -2.38. The number of pyridine rings is 1. The number of methoxy groups -OCH3 is 2. The average Bonchev–Trinajstić information content (AvgIpc) is 3.17. The van der Waals surface area contributed by atoms with E-state index < -0.39 is 31.6 Å². The van der Waals surface area contributed by atoms with Crippen LogP contribution < -0.4 is 26.4 Å². The van der Waals surface area contributed by atoms with Gasteiger partial charge in [-0.1, -0.05) is 37.2 Å². The summed E-state index contributed by atoms with van der Waals surface area (Å²) in [5.74, 6) is 7.25. The van der Waals surface area contributed by atoms with Crippen molar-refractivity contribution >= 4 is 48.9 Å². The van der Waals surface area contributed by atoms with E-state index in [1.165, 1.54) is 0 Å². The quantitative estimate of drug-likeness (QED) is 0.107. The minimum atomic E-state index is -3.67. The molecule has 1 aliphatic heterocycles. The van der Waals surface area contributed by atoms with E-state index in [-0.39, 0.29) is 36.4 Å². The van der Waals surface area contributed by atoms with Crippen molar-refractivity contribution in [2.45, 2.75) is 44.6 Å². The van der Waals surface area contributed by atoms with E-state index >= 15 is 0 Å². The van der Waals surface area contributed by atoms with Crippen molar-refractivity contribution in [2.24, 2.45) is 0 Å². The van der Waals surface area contributed by atoms with Gasteiger partial charge in [-0.05, 0) is 42.7 Å². The van der Waals surface area contributed by atoms with Crippen LogP contribution in [0.3, 0.4) is 0 Å². The largest absolute Gasteiger partial charge is 0.493 e. The number of nitrogen functional groups attached to an aromatic ring is 2. The Morgan fingerprint density at radius 1 is 0.966 bits per heavy atom. The van der Waals surface area contributed by atoms with Crippen molar-refractivity contribution < 1.29 is 49.7 Å². The van der Waals surface area contributed by atoms with Crippen molar-refractivity contribution in [1.29, 1.82) is 0 Å². The molecule has 0 radical (unpaired) electrons. The summed E-state index contributed by atoms with van der Waals surface area (Å²) in [6, 6.07) is 9.39. The van der Waals surface area contributed by atoms with Gasteiger partial charge in [0, 0.05) is 55.6 Å². The molecule has 0 bridgehead atoms. The second kappa shape index (κ2) is 21.1. The number of carbonyl (C=O) groups excluding carboxylic acids is 1. The van der Waals surface area contributed by atoms with E-state index in [1.54, 1.807) is 26.6 Å². The van der Waals surface area contributed by atoms with E-state index in [0.717, 1.165) is 45.2 Å². The topological polar surface area (TPSA) is 266 Å². The first-order valence-electron chi connectivity index (χ1n) is 18.5. The van der Waals surface area contributed by atoms with Gasteiger partial charge in [-0.25, -0.2) is 9.78 Å². The second-order valence-corrected chi connectivity index (χ2v) is 16.7. The fourth-order valence-corrected chi connectivity index (χ4v) is 6.64. The monoisotopic (exact) mass is 858 g/mol. The molecule has 0 unspecified atom stereocenters. The molecule has 0 spiro atoms. The van der Waals surface area contributed by atoms with E-state index in [4.69, 9.17) is 39.5 Å². The predicted octanol–water partition coefficient (Wildman–Crippen LogP) is 2.97. The maximum absolute atomic E-state index is 14.4. The van der Waals surface area contributed by atoms with Gasteiger partial charge in [0.05, 0.1) is 56.4 Å². The first-order chi connectivity index (χ1) is 27.9. The third-order valence-corrected chi connectivity index (χ3v) is 9.19. The van der Waals surface area contributed by atoms with Crippen LogP contribution in [0.5, 0.6) is 11.5 Å². The van der Waals surface area contributed by atoms with Gasteiger partial charge < -0.3 is 35.0 Å². The molecular weight excluding hydrogens is 809 g/mol. The number of esters is 1. The Balaban J connectivity index is 0.000000688. The van der Waals surface area contributed by atoms with Gasteiger partial charge in [-0.15, -0.1) is 0 Å². The van der Waals surface area contributed by atoms with Crippen LogP contribution >= 0.6 is 0 Å². The fraction of sp³-hybridized carbons (Fsp3) is 0.436. The first-order valence-corrected chi connectivity index (χ1v) is 22.2. The number of nitrogens with zero attached hydrogens (tertiary/aromatic N) is 4. The summed E-state index contributed by atoms with van der Waals surface area (Å²) in [5.41, 5.74) is 14.9. The molecule has 0 atom stereocenters. The number of benzene rings is 2. The van der Waals surface area contributed by atoms with Crippen molar-refractivity contribution in [2.75, 3.05) is 77.7 Å². The molecule has 18 nitrogen and oxygen atoms in total. The summed E-state index contributed by atoms with van der Waals surface area (Å²) in [4.78, 5) is 38.4. The van der Waals surface area contributed by atoms with Gasteiger partial charge in [-0.2, -0.15) is 21.8 Å². The predicted molar refractivity (Wildman–Crippen MR) is 222 cm³/mol. The zero-order valence-corrected chi connectivity index (χ0v) is 35.0. The molecule has 3 heterocycles. The second-order valence-electron chi connectivity index (χ2n) is 13.8. The van der Waals surface area contributed by atoms with Crippen LogP contribution in [0, 0.1) is 11.8 Å². The molecule has 1 saturated heterocycles. The lowest BCUT2D eigenvalue weighted by Gasteiger charge is -2.28. The van der Waals surface area contributed by atoms with Crippen molar-refractivity contribution in [3.63, 3.8) is 0 Å². The van der Waals surface area contributed by atoms with Gasteiger partial charge in [0.2, 0.25) is 11.4 Å². The van der Waals surface area contributed by atoms with Crippen LogP contribution in [0.2, 0.25) is 0 Å². The van der Waals surface area contributed by atoms with Crippen molar-refractivity contribution in [1.82, 2.24) is 19.4 Å². The lowest BCUT2D eigenvalue weighted by atomic mass is 9.92. The molecule has 1 saturated carbocycles. The first kappa shape index (κ1) is 46.4. The molecule has 2 aromatic carbocycles. The van der Waals surface area contributed by atoms with Gasteiger partial charge in [0.25, 0.3) is 20.2 Å². The Morgan fingerprint density at radius 3 is 2.24 bits per heavy atom. The van der Waals surface area contributed by atoms with Gasteiger partial charge in [0.15, 0.2) is 11.5 Å². The Labute approximate surface area is 343 Å². The number of rotatable bonds is 9. The van der Waals surface area contributed by atoms with Crippen LogP contribution in [0.4, 0.5) is 11.8 Å².